The van der Waals surface area contributed by atoms with Crippen LogP contribution < -0.4 is 5.32 Å². The highest BCUT2D eigenvalue weighted by atomic mass is 35.5. The van der Waals surface area contributed by atoms with Gasteiger partial charge in [0.2, 0.25) is 5.91 Å². The molecule has 18 heavy (non-hydrogen) atoms. The molecule has 1 heterocycles. The molecule has 0 aliphatic heterocycles. The van der Waals surface area contributed by atoms with Crippen LogP contribution in [0.3, 0.4) is 0 Å². The van der Waals surface area contributed by atoms with Gasteiger partial charge in [0.25, 0.3) is 0 Å². The summed E-state index contributed by atoms with van der Waals surface area (Å²) in [6.07, 6.45) is 1.13. The van der Waals surface area contributed by atoms with E-state index in [4.69, 9.17) is 16.3 Å². The minimum atomic E-state index is -0.317. The largest absolute Gasteiger partial charge is 0.466 e. The maximum atomic E-state index is 11.4. The summed E-state index contributed by atoms with van der Waals surface area (Å²) >= 11 is 6.78. The number of anilines is 1. The summed E-state index contributed by atoms with van der Waals surface area (Å²) in [7, 11) is 0. The summed E-state index contributed by atoms with van der Waals surface area (Å²) in [4.78, 5) is 26.8. The molecule has 0 aromatic carbocycles. The third kappa shape index (κ3) is 5.46. The lowest BCUT2D eigenvalue weighted by atomic mass is 10.3. The predicted octanol–water partition coefficient (Wildman–Crippen LogP) is 2.21. The van der Waals surface area contributed by atoms with Crippen molar-refractivity contribution in [3.05, 3.63) is 11.1 Å². The zero-order valence-electron chi connectivity index (χ0n) is 10.1. The van der Waals surface area contributed by atoms with Crippen LogP contribution in [0.1, 0.15) is 25.5 Å². The zero-order valence-corrected chi connectivity index (χ0v) is 11.6. The van der Waals surface area contributed by atoms with Crippen molar-refractivity contribution in [3.8, 4) is 0 Å². The van der Waals surface area contributed by atoms with Crippen molar-refractivity contribution in [2.75, 3.05) is 17.8 Å². The summed E-state index contributed by atoms with van der Waals surface area (Å²) in [6.45, 7) is 2.10. The first kappa shape index (κ1) is 14.9. The van der Waals surface area contributed by atoms with Gasteiger partial charge < -0.3 is 10.1 Å². The van der Waals surface area contributed by atoms with Gasteiger partial charge in [-0.15, -0.1) is 22.9 Å². The van der Waals surface area contributed by atoms with Crippen LogP contribution in [0.15, 0.2) is 5.38 Å². The Hall–Kier alpha value is -1.14. The highest BCUT2D eigenvalue weighted by Gasteiger charge is 2.10. The highest BCUT2D eigenvalue weighted by Crippen LogP contribution is 2.16. The molecule has 0 aliphatic carbocycles. The van der Waals surface area contributed by atoms with E-state index in [1.165, 1.54) is 11.3 Å². The number of thiazole rings is 1. The van der Waals surface area contributed by atoms with Gasteiger partial charge in [-0.25, -0.2) is 4.98 Å². The quantitative estimate of drug-likeness (QED) is 0.617. The third-order valence-electron chi connectivity index (χ3n) is 1.97. The van der Waals surface area contributed by atoms with Crippen LogP contribution in [0.25, 0.3) is 0 Å². The van der Waals surface area contributed by atoms with E-state index >= 15 is 0 Å². The molecule has 1 rings (SSSR count). The van der Waals surface area contributed by atoms with Gasteiger partial charge in [-0.05, 0) is 13.3 Å². The molecular formula is C11H15ClN2O3S. The summed E-state index contributed by atoms with van der Waals surface area (Å²) in [5.41, 5.74) is 0.603. The lowest BCUT2D eigenvalue weighted by Crippen LogP contribution is -2.11. The molecule has 1 aromatic heterocycles. The molecular weight excluding hydrogens is 276 g/mol. The molecule has 5 nitrogen and oxygen atoms in total. The van der Waals surface area contributed by atoms with Crippen LogP contribution >= 0.6 is 22.9 Å². The summed E-state index contributed by atoms with van der Waals surface area (Å²) in [6, 6.07) is 0. The Balaban J connectivity index is 2.43. The van der Waals surface area contributed by atoms with Crippen molar-refractivity contribution in [1.82, 2.24) is 4.98 Å². The van der Waals surface area contributed by atoms with Crippen LogP contribution in [0.2, 0.25) is 0 Å². The standard InChI is InChI=1S/C11H15ClN2O3S/c1-2-17-10(16)6-8-7-18-11(13-8)14-9(15)4-3-5-12/h7H,2-6H2,1H3,(H,13,14,15). The molecule has 0 unspecified atom stereocenters. The van der Waals surface area contributed by atoms with E-state index in [-0.39, 0.29) is 18.3 Å². The van der Waals surface area contributed by atoms with E-state index in [0.29, 0.717) is 36.2 Å². The fourth-order valence-corrected chi connectivity index (χ4v) is 2.07. The van der Waals surface area contributed by atoms with Gasteiger partial charge in [0.15, 0.2) is 5.13 Å². The number of carbonyl (C=O) groups is 2. The number of halogens is 1. The number of nitrogens with zero attached hydrogens (tertiary/aromatic N) is 1. The molecule has 7 heteroatoms. The van der Waals surface area contributed by atoms with Crippen molar-refractivity contribution >= 4 is 39.9 Å². The monoisotopic (exact) mass is 290 g/mol. The van der Waals surface area contributed by atoms with Crippen molar-refractivity contribution in [2.24, 2.45) is 0 Å². The Morgan fingerprint density at radius 1 is 1.56 bits per heavy atom. The maximum absolute atomic E-state index is 11.4. The number of rotatable bonds is 7. The minimum Gasteiger partial charge on any atom is -0.466 e. The van der Waals surface area contributed by atoms with Crippen molar-refractivity contribution in [3.63, 3.8) is 0 Å². The normalized spacial score (nSPS) is 10.1. The third-order valence-corrected chi connectivity index (χ3v) is 3.04. The second-order valence-corrected chi connectivity index (χ2v) is 4.70. The lowest BCUT2D eigenvalue weighted by Gasteiger charge is -2.00. The summed E-state index contributed by atoms with van der Waals surface area (Å²) < 4.78 is 4.81. The van der Waals surface area contributed by atoms with Crippen molar-refractivity contribution < 1.29 is 14.3 Å². The molecule has 0 fully saturated rings. The zero-order chi connectivity index (χ0) is 13.4. The smallest absolute Gasteiger partial charge is 0.311 e. The fraction of sp³-hybridized carbons (Fsp3) is 0.545. The number of aromatic nitrogens is 1. The van der Waals surface area contributed by atoms with Gasteiger partial charge in [-0.3, -0.25) is 9.59 Å². The number of carbonyl (C=O) groups excluding carboxylic acids is 2. The molecule has 1 N–H and O–H groups in total. The fourth-order valence-electron chi connectivity index (χ4n) is 1.21. The number of esters is 1. The van der Waals surface area contributed by atoms with E-state index in [1.54, 1.807) is 12.3 Å². The first-order valence-electron chi connectivity index (χ1n) is 5.61. The molecule has 1 amide bonds. The number of amides is 1. The van der Waals surface area contributed by atoms with Gasteiger partial charge in [0, 0.05) is 17.7 Å². The lowest BCUT2D eigenvalue weighted by molar-refractivity contribution is -0.142. The summed E-state index contributed by atoms with van der Waals surface area (Å²) in [5, 5.41) is 4.88. The molecule has 100 valence electrons. The first-order chi connectivity index (χ1) is 8.65. The van der Waals surface area contributed by atoms with Gasteiger partial charge in [0.05, 0.1) is 18.7 Å². The average molecular weight is 291 g/mol. The number of alkyl halides is 1. The molecule has 0 bridgehead atoms. The Labute approximate surface area is 115 Å². The molecule has 0 spiro atoms. The van der Waals surface area contributed by atoms with Gasteiger partial charge in [-0.2, -0.15) is 0 Å². The topological polar surface area (TPSA) is 68.3 Å². The minimum absolute atomic E-state index is 0.118. The van der Waals surface area contributed by atoms with E-state index in [0.717, 1.165) is 0 Å². The van der Waals surface area contributed by atoms with E-state index in [9.17, 15) is 9.59 Å². The maximum Gasteiger partial charge on any atom is 0.311 e. The Morgan fingerprint density at radius 2 is 2.33 bits per heavy atom. The Kier molecular flexibility index (Phi) is 6.67. The van der Waals surface area contributed by atoms with Crippen LogP contribution in [0.4, 0.5) is 5.13 Å². The highest BCUT2D eigenvalue weighted by molar-refractivity contribution is 7.13. The van der Waals surface area contributed by atoms with Gasteiger partial charge >= 0.3 is 5.97 Å². The molecule has 0 saturated heterocycles. The summed E-state index contributed by atoms with van der Waals surface area (Å²) in [5.74, 6) is 0.0230. The van der Waals surface area contributed by atoms with Crippen LogP contribution in [-0.2, 0) is 20.7 Å². The number of nitrogens with one attached hydrogen (secondary N) is 1. The first-order valence-corrected chi connectivity index (χ1v) is 7.03. The van der Waals surface area contributed by atoms with Gasteiger partial charge in [0.1, 0.15) is 0 Å². The Morgan fingerprint density at radius 3 is 3.00 bits per heavy atom. The van der Waals surface area contributed by atoms with Crippen molar-refractivity contribution in [2.45, 2.75) is 26.2 Å². The molecule has 0 aliphatic rings. The molecule has 0 radical (unpaired) electrons. The van der Waals surface area contributed by atoms with E-state index < -0.39 is 0 Å². The average Bonchev–Trinajstić information content (AvgIpc) is 2.74. The van der Waals surface area contributed by atoms with Gasteiger partial charge in [-0.1, -0.05) is 0 Å². The van der Waals surface area contributed by atoms with E-state index in [1.807, 2.05) is 0 Å². The number of ether oxygens (including phenoxy) is 1. The SMILES string of the molecule is CCOC(=O)Cc1csc(NC(=O)CCCCl)n1. The van der Waals surface area contributed by atoms with Crippen molar-refractivity contribution in [1.29, 1.82) is 0 Å². The molecule has 1 aromatic rings. The van der Waals surface area contributed by atoms with Crippen LogP contribution in [0, 0.1) is 0 Å². The molecule has 0 saturated carbocycles. The van der Waals surface area contributed by atoms with Crippen LogP contribution in [0.5, 0.6) is 0 Å². The second-order valence-electron chi connectivity index (χ2n) is 3.47. The second kappa shape index (κ2) is 8.05. The number of hydrogen-bond donors (Lipinski definition) is 1. The predicted molar refractivity (Wildman–Crippen MR) is 71.0 cm³/mol. The number of hydrogen-bond acceptors (Lipinski definition) is 5. The molecule has 0 atom stereocenters. The Bertz CT molecular complexity index is 409. The van der Waals surface area contributed by atoms with Crippen LogP contribution in [-0.4, -0.2) is 29.3 Å². The van der Waals surface area contributed by atoms with E-state index in [2.05, 4.69) is 10.3 Å².